The molecule has 0 bridgehead atoms. The molecule has 0 saturated carbocycles. The molecule has 0 aromatic heterocycles. The van der Waals surface area contributed by atoms with Crippen molar-refractivity contribution in [1.29, 1.82) is 5.26 Å². The van der Waals surface area contributed by atoms with Crippen LogP contribution in [0.15, 0.2) is 60.2 Å². The summed E-state index contributed by atoms with van der Waals surface area (Å²) in [6, 6.07) is 16.5. The molecule has 0 aliphatic rings. The summed E-state index contributed by atoms with van der Waals surface area (Å²) >= 11 is 6.40. The highest BCUT2D eigenvalue weighted by Crippen LogP contribution is 2.37. The van der Waals surface area contributed by atoms with Gasteiger partial charge in [0.25, 0.3) is 11.8 Å². The Hall–Kier alpha value is -4.81. The third-order valence-electron chi connectivity index (χ3n) is 5.72. The summed E-state index contributed by atoms with van der Waals surface area (Å²) < 4.78 is 15.7. The van der Waals surface area contributed by atoms with Gasteiger partial charge in [-0.05, 0) is 79.1 Å². The molecule has 2 N–H and O–H groups in total. The zero-order chi connectivity index (χ0) is 28.5. The second-order valence-electron chi connectivity index (χ2n) is 8.31. The monoisotopic (exact) mass is 547 g/mol. The van der Waals surface area contributed by atoms with Gasteiger partial charge in [0, 0.05) is 11.4 Å². The zero-order valence-corrected chi connectivity index (χ0v) is 22.5. The summed E-state index contributed by atoms with van der Waals surface area (Å²) in [6.07, 6.45) is 1.34. The number of hydrogen-bond acceptors (Lipinski definition) is 7. The molecule has 0 unspecified atom stereocenters. The number of carbonyl (C=O) groups is 3. The normalized spacial score (nSPS) is 10.7. The van der Waals surface area contributed by atoms with Crippen LogP contribution < -0.4 is 20.1 Å². The van der Waals surface area contributed by atoms with Crippen LogP contribution in [0.25, 0.3) is 6.08 Å². The van der Waals surface area contributed by atoms with Crippen LogP contribution in [-0.4, -0.2) is 38.6 Å². The summed E-state index contributed by atoms with van der Waals surface area (Å²) in [7, 11) is 2.67. The van der Waals surface area contributed by atoms with Crippen molar-refractivity contribution in [3.8, 4) is 17.6 Å². The molecule has 0 aliphatic heterocycles. The van der Waals surface area contributed by atoms with Crippen LogP contribution in [0, 0.1) is 25.2 Å². The fourth-order valence-corrected chi connectivity index (χ4v) is 3.77. The lowest BCUT2D eigenvalue weighted by atomic mass is 10.1. The predicted molar refractivity (Wildman–Crippen MR) is 148 cm³/mol. The number of ether oxygens (including phenoxy) is 3. The Kier molecular flexibility index (Phi) is 9.68. The molecule has 10 heteroatoms. The average Bonchev–Trinajstić information content (AvgIpc) is 2.93. The molecule has 0 fully saturated rings. The Morgan fingerprint density at radius 2 is 1.74 bits per heavy atom. The van der Waals surface area contributed by atoms with E-state index in [9.17, 15) is 19.6 Å². The van der Waals surface area contributed by atoms with Gasteiger partial charge in [-0.3, -0.25) is 9.59 Å². The highest BCUT2D eigenvalue weighted by Gasteiger charge is 2.16. The number of rotatable bonds is 9. The van der Waals surface area contributed by atoms with Crippen molar-refractivity contribution in [2.45, 2.75) is 13.8 Å². The van der Waals surface area contributed by atoms with Gasteiger partial charge in [-0.1, -0.05) is 23.7 Å². The fourth-order valence-electron chi connectivity index (χ4n) is 3.49. The molecule has 39 heavy (non-hydrogen) atoms. The number of aryl methyl sites for hydroxylation is 1. The van der Waals surface area contributed by atoms with E-state index in [0.717, 1.165) is 11.1 Å². The number of anilines is 2. The van der Waals surface area contributed by atoms with Crippen LogP contribution in [0.4, 0.5) is 11.4 Å². The van der Waals surface area contributed by atoms with Crippen LogP contribution in [0.2, 0.25) is 5.02 Å². The number of benzene rings is 3. The highest BCUT2D eigenvalue weighted by atomic mass is 35.5. The first-order valence-corrected chi connectivity index (χ1v) is 12.0. The van der Waals surface area contributed by atoms with Gasteiger partial charge in [0.05, 0.1) is 24.8 Å². The average molecular weight is 548 g/mol. The number of esters is 1. The van der Waals surface area contributed by atoms with Crippen LogP contribution in [-0.2, 0) is 14.3 Å². The largest absolute Gasteiger partial charge is 0.493 e. The lowest BCUT2D eigenvalue weighted by molar-refractivity contribution is -0.118. The van der Waals surface area contributed by atoms with E-state index in [2.05, 4.69) is 15.4 Å². The zero-order valence-electron chi connectivity index (χ0n) is 21.8. The van der Waals surface area contributed by atoms with Crippen LogP contribution >= 0.6 is 11.6 Å². The van der Waals surface area contributed by atoms with Gasteiger partial charge in [-0.15, -0.1) is 0 Å². The highest BCUT2D eigenvalue weighted by molar-refractivity contribution is 6.32. The molecule has 0 heterocycles. The van der Waals surface area contributed by atoms with Gasteiger partial charge in [0.15, 0.2) is 18.1 Å². The fraction of sp³-hybridized carbons (Fsp3) is 0.172. The van der Waals surface area contributed by atoms with Crippen LogP contribution in [0.5, 0.6) is 11.5 Å². The molecule has 0 aliphatic carbocycles. The molecule has 3 aromatic carbocycles. The Morgan fingerprint density at radius 3 is 2.38 bits per heavy atom. The van der Waals surface area contributed by atoms with Crippen molar-refractivity contribution in [3.05, 3.63) is 87.4 Å². The van der Waals surface area contributed by atoms with Crippen molar-refractivity contribution >= 4 is 46.8 Å². The van der Waals surface area contributed by atoms with E-state index in [1.165, 1.54) is 56.7 Å². The predicted octanol–water partition coefficient (Wildman–Crippen LogP) is 5.32. The van der Waals surface area contributed by atoms with Gasteiger partial charge in [0.2, 0.25) is 0 Å². The van der Waals surface area contributed by atoms with Crippen molar-refractivity contribution in [1.82, 2.24) is 0 Å². The Bertz CT molecular complexity index is 1480. The number of nitrogens with one attached hydrogen (secondary N) is 2. The smallest absolute Gasteiger partial charge is 0.337 e. The number of hydrogen-bond donors (Lipinski definition) is 2. The van der Waals surface area contributed by atoms with Gasteiger partial charge < -0.3 is 24.8 Å². The SMILES string of the molecule is COC(=O)c1ccc(NC(=O)/C(C#N)=C\c2cc(Cl)c(OCC(=O)Nc3cccc(C)c3C)c(OC)c2)cc1. The maximum absolute atomic E-state index is 12.7. The summed E-state index contributed by atoms with van der Waals surface area (Å²) in [4.78, 5) is 36.7. The van der Waals surface area contributed by atoms with Crippen LogP contribution in [0.1, 0.15) is 27.0 Å². The first-order valence-electron chi connectivity index (χ1n) is 11.6. The molecule has 2 amide bonds. The quantitative estimate of drug-likeness (QED) is 0.211. The molecule has 0 atom stereocenters. The molecule has 0 saturated heterocycles. The minimum atomic E-state index is -0.665. The molecule has 3 rings (SSSR count). The van der Waals surface area contributed by atoms with Crippen LogP contribution in [0.3, 0.4) is 0 Å². The minimum Gasteiger partial charge on any atom is -0.493 e. The van der Waals surface area contributed by atoms with E-state index in [0.29, 0.717) is 22.5 Å². The first-order chi connectivity index (χ1) is 18.7. The summed E-state index contributed by atoms with van der Waals surface area (Å²) in [5.41, 5.74) is 3.58. The second kappa shape index (κ2) is 13.1. The van der Waals surface area contributed by atoms with E-state index in [1.54, 1.807) is 6.07 Å². The summed E-state index contributed by atoms with van der Waals surface area (Å²) in [6.45, 7) is 3.54. The van der Waals surface area contributed by atoms with E-state index < -0.39 is 11.9 Å². The third-order valence-corrected chi connectivity index (χ3v) is 6.00. The lowest BCUT2D eigenvalue weighted by Crippen LogP contribution is -2.21. The van der Waals surface area contributed by atoms with Gasteiger partial charge in [-0.25, -0.2) is 4.79 Å². The summed E-state index contributed by atoms with van der Waals surface area (Å²) in [5, 5.41) is 15.1. The first kappa shape index (κ1) is 28.8. The third kappa shape index (κ3) is 7.37. The summed E-state index contributed by atoms with van der Waals surface area (Å²) in [5.74, 6) is -1.20. The maximum Gasteiger partial charge on any atom is 0.337 e. The molecule has 0 spiro atoms. The molecular formula is C29H26ClN3O6. The van der Waals surface area contributed by atoms with Gasteiger partial charge in [0.1, 0.15) is 11.6 Å². The number of carbonyl (C=O) groups excluding carboxylic acids is 3. The Morgan fingerprint density at radius 1 is 1.03 bits per heavy atom. The van der Waals surface area contributed by atoms with Crippen molar-refractivity contribution in [2.75, 3.05) is 31.5 Å². The van der Waals surface area contributed by atoms with Crippen molar-refractivity contribution < 1.29 is 28.6 Å². The van der Waals surface area contributed by atoms with E-state index in [4.69, 9.17) is 21.1 Å². The Labute approximate surface area is 230 Å². The topological polar surface area (TPSA) is 127 Å². The molecular weight excluding hydrogens is 522 g/mol. The second-order valence-corrected chi connectivity index (χ2v) is 8.72. The van der Waals surface area contributed by atoms with Crippen molar-refractivity contribution in [2.24, 2.45) is 0 Å². The number of halogens is 1. The van der Waals surface area contributed by atoms with Gasteiger partial charge >= 0.3 is 5.97 Å². The number of nitrogens with zero attached hydrogens (tertiary/aromatic N) is 1. The van der Waals surface area contributed by atoms with E-state index in [1.807, 2.05) is 32.0 Å². The number of amides is 2. The minimum absolute atomic E-state index is 0.122. The lowest BCUT2D eigenvalue weighted by Gasteiger charge is -2.14. The molecule has 3 aromatic rings. The van der Waals surface area contributed by atoms with E-state index >= 15 is 0 Å². The maximum atomic E-state index is 12.7. The Balaban J connectivity index is 1.73. The van der Waals surface area contributed by atoms with E-state index in [-0.39, 0.29) is 34.6 Å². The molecule has 200 valence electrons. The standard InChI is InChI=1S/C29H26ClN3O6/c1-17-6-5-7-24(18(17)2)33-26(34)16-39-27-23(30)13-19(14-25(27)37-3)12-21(15-31)28(35)32-22-10-8-20(9-11-22)29(36)38-4/h5-14H,16H2,1-4H3,(H,32,35)(H,33,34)/b21-12-. The number of nitriles is 1. The molecule has 9 nitrogen and oxygen atoms in total. The number of methoxy groups -OCH3 is 2. The van der Waals surface area contributed by atoms with Crippen molar-refractivity contribution in [3.63, 3.8) is 0 Å². The van der Waals surface area contributed by atoms with Gasteiger partial charge in [-0.2, -0.15) is 5.26 Å². The molecule has 0 radical (unpaired) electrons.